The summed E-state index contributed by atoms with van der Waals surface area (Å²) >= 11 is 6.51. The quantitative estimate of drug-likeness (QED) is 0.889. The summed E-state index contributed by atoms with van der Waals surface area (Å²) in [4.78, 5) is 1.62. The third-order valence-electron chi connectivity index (χ3n) is 5.85. The highest BCUT2D eigenvalue weighted by atomic mass is 35.5. The zero-order chi connectivity index (χ0) is 15.9. The van der Waals surface area contributed by atoms with Gasteiger partial charge in [0.2, 0.25) is 0 Å². The minimum absolute atomic E-state index is 0.224. The van der Waals surface area contributed by atoms with Crippen molar-refractivity contribution in [2.45, 2.75) is 18.4 Å². The number of aliphatic hydroxyl groups is 1. The number of rotatable bonds is 3. The molecule has 0 spiro atoms. The van der Waals surface area contributed by atoms with Crippen LogP contribution in [0.3, 0.4) is 0 Å². The van der Waals surface area contributed by atoms with Crippen molar-refractivity contribution in [2.24, 2.45) is 11.8 Å². The number of piperidine rings is 3. The molecule has 0 aliphatic carbocycles. The van der Waals surface area contributed by atoms with Gasteiger partial charge in [0.15, 0.2) is 0 Å². The minimum atomic E-state index is -1.00. The van der Waals surface area contributed by atoms with Gasteiger partial charge in [0.1, 0.15) is 5.60 Å². The van der Waals surface area contributed by atoms with Crippen LogP contribution in [0.5, 0.6) is 0 Å². The molecule has 0 amide bonds. The first-order valence-electron chi connectivity index (χ1n) is 8.56. The van der Waals surface area contributed by atoms with Crippen molar-refractivity contribution in [3.8, 4) is 0 Å². The van der Waals surface area contributed by atoms with Crippen molar-refractivity contribution in [2.75, 3.05) is 19.6 Å². The molecular weight excluding hydrogens is 306 g/mol. The Morgan fingerprint density at radius 2 is 1.61 bits per heavy atom. The molecule has 2 atom stereocenters. The maximum atomic E-state index is 12.0. The lowest BCUT2D eigenvalue weighted by molar-refractivity contribution is -0.922. The summed E-state index contributed by atoms with van der Waals surface area (Å²) in [6.45, 7) is 3.52. The summed E-state index contributed by atoms with van der Waals surface area (Å²) in [6.07, 6.45) is 2.42. The van der Waals surface area contributed by atoms with Crippen LogP contribution >= 0.6 is 11.6 Å². The van der Waals surface area contributed by atoms with Gasteiger partial charge < -0.3 is 10.0 Å². The van der Waals surface area contributed by atoms with Crippen LogP contribution in [0.2, 0.25) is 5.02 Å². The van der Waals surface area contributed by atoms with Crippen molar-refractivity contribution in [3.05, 3.63) is 70.7 Å². The fraction of sp³-hybridized carbons (Fsp3) is 0.400. The van der Waals surface area contributed by atoms with Crippen molar-refractivity contribution in [1.82, 2.24) is 0 Å². The molecule has 2 nitrogen and oxygen atoms in total. The fourth-order valence-corrected chi connectivity index (χ4v) is 4.93. The van der Waals surface area contributed by atoms with E-state index < -0.39 is 5.60 Å². The van der Waals surface area contributed by atoms with Crippen molar-refractivity contribution >= 4 is 11.6 Å². The van der Waals surface area contributed by atoms with E-state index >= 15 is 0 Å². The first-order chi connectivity index (χ1) is 11.2. The smallest absolute Gasteiger partial charge is 0.124 e. The number of quaternary nitrogens is 1. The third-order valence-corrected chi connectivity index (χ3v) is 6.18. The molecule has 2 N–H and O–H groups in total. The number of fused-ring (bicyclic) bond motifs is 3. The molecule has 3 saturated heterocycles. The second kappa shape index (κ2) is 5.94. The van der Waals surface area contributed by atoms with E-state index in [4.69, 9.17) is 11.6 Å². The second-order valence-electron chi connectivity index (χ2n) is 7.01. The van der Waals surface area contributed by atoms with E-state index in [-0.39, 0.29) is 5.92 Å². The molecule has 120 valence electrons. The number of nitrogens with one attached hydrogen (secondary N) is 1. The topological polar surface area (TPSA) is 24.7 Å². The summed E-state index contributed by atoms with van der Waals surface area (Å²) in [5.74, 6) is 0.802. The van der Waals surface area contributed by atoms with Crippen LogP contribution in [-0.2, 0) is 5.60 Å². The molecule has 0 unspecified atom stereocenters. The van der Waals surface area contributed by atoms with Crippen LogP contribution in [0.25, 0.3) is 0 Å². The van der Waals surface area contributed by atoms with Gasteiger partial charge in [-0.1, -0.05) is 60.1 Å². The largest absolute Gasteiger partial charge is 0.380 e. The van der Waals surface area contributed by atoms with Gasteiger partial charge in [-0.2, -0.15) is 0 Å². The molecule has 3 heteroatoms. The van der Waals surface area contributed by atoms with Gasteiger partial charge in [-0.25, -0.2) is 0 Å². The van der Waals surface area contributed by atoms with Gasteiger partial charge in [0.25, 0.3) is 0 Å². The Balaban J connectivity index is 1.86. The van der Waals surface area contributed by atoms with Crippen LogP contribution in [0.4, 0.5) is 0 Å². The molecule has 3 fully saturated rings. The van der Waals surface area contributed by atoms with Crippen molar-refractivity contribution < 1.29 is 10.0 Å². The summed E-state index contributed by atoms with van der Waals surface area (Å²) in [7, 11) is 0. The lowest BCUT2D eigenvalue weighted by atomic mass is 9.65. The zero-order valence-corrected chi connectivity index (χ0v) is 14.0. The summed E-state index contributed by atoms with van der Waals surface area (Å²) in [6, 6.07) is 17.9. The van der Waals surface area contributed by atoms with Crippen molar-refractivity contribution in [3.63, 3.8) is 0 Å². The molecule has 3 heterocycles. The molecule has 2 aromatic carbocycles. The lowest BCUT2D eigenvalue weighted by Crippen LogP contribution is -3.16. The van der Waals surface area contributed by atoms with Crippen LogP contribution in [-0.4, -0.2) is 24.7 Å². The Bertz CT molecular complexity index is 681. The van der Waals surface area contributed by atoms with Crippen molar-refractivity contribution in [1.29, 1.82) is 0 Å². The van der Waals surface area contributed by atoms with Gasteiger partial charge in [0, 0.05) is 29.3 Å². The van der Waals surface area contributed by atoms with E-state index in [1.54, 1.807) is 4.90 Å². The van der Waals surface area contributed by atoms with Crippen LogP contribution < -0.4 is 4.90 Å². The number of hydrogen-bond acceptors (Lipinski definition) is 1. The summed E-state index contributed by atoms with van der Waals surface area (Å²) < 4.78 is 0. The Kier molecular flexibility index (Phi) is 3.92. The SMILES string of the molecule is O[C@@](c1ccccc1)(c1ccccc1Cl)[C@H]1C[NH+]2CCC1CC2. The Hall–Kier alpha value is -1.35. The Labute approximate surface area is 142 Å². The van der Waals surface area contributed by atoms with Crippen LogP contribution in [0, 0.1) is 11.8 Å². The second-order valence-corrected chi connectivity index (χ2v) is 7.42. The van der Waals surface area contributed by atoms with Gasteiger partial charge in [-0.05, 0) is 17.5 Å². The Morgan fingerprint density at radius 1 is 0.957 bits per heavy atom. The maximum absolute atomic E-state index is 12.0. The van der Waals surface area contributed by atoms with E-state index in [1.165, 1.54) is 25.9 Å². The normalized spacial score (nSPS) is 29.2. The number of benzene rings is 2. The monoisotopic (exact) mass is 328 g/mol. The highest BCUT2D eigenvalue weighted by Crippen LogP contribution is 2.45. The molecule has 23 heavy (non-hydrogen) atoms. The van der Waals surface area contributed by atoms with E-state index in [0.717, 1.165) is 17.7 Å². The first kappa shape index (κ1) is 15.2. The molecule has 2 aromatic rings. The fourth-order valence-electron chi connectivity index (χ4n) is 4.65. The third kappa shape index (κ3) is 2.50. The molecule has 3 aliphatic heterocycles. The van der Waals surface area contributed by atoms with Gasteiger partial charge >= 0.3 is 0 Å². The summed E-state index contributed by atoms with van der Waals surface area (Å²) in [5.41, 5.74) is 0.813. The molecule has 0 saturated carbocycles. The van der Waals surface area contributed by atoms with E-state index in [0.29, 0.717) is 10.9 Å². The first-order valence-corrected chi connectivity index (χ1v) is 8.94. The Morgan fingerprint density at radius 3 is 2.22 bits per heavy atom. The predicted molar refractivity (Wildman–Crippen MR) is 92.7 cm³/mol. The molecule has 5 rings (SSSR count). The van der Waals surface area contributed by atoms with Gasteiger partial charge in [0.05, 0.1) is 19.6 Å². The van der Waals surface area contributed by atoms with Gasteiger partial charge in [-0.15, -0.1) is 0 Å². The molecule has 0 radical (unpaired) electrons. The standard InChI is InChI=1S/C20H22ClNO/c21-19-9-5-4-8-17(19)20(23,16-6-2-1-3-7-16)18-14-22-12-10-15(18)11-13-22/h1-9,15,18,23H,10-14H2/p+1/t18-,20-/m0/s1. The lowest BCUT2D eigenvalue weighted by Gasteiger charge is -2.49. The zero-order valence-electron chi connectivity index (χ0n) is 13.2. The molecule has 2 bridgehead atoms. The minimum Gasteiger partial charge on any atom is -0.380 e. The predicted octanol–water partition coefficient (Wildman–Crippen LogP) is 2.50. The molecule has 3 aliphatic rings. The highest BCUT2D eigenvalue weighted by molar-refractivity contribution is 6.31. The average Bonchev–Trinajstić information content (AvgIpc) is 2.63. The van der Waals surface area contributed by atoms with Crippen LogP contribution in [0.1, 0.15) is 24.0 Å². The van der Waals surface area contributed by atoms with E-state index in [2.05, 4.69) is 0 Å². The number of hydrogen-bond donors (Lipinski definition) is 2. The van der Waals surface area contributed by atoms with E-state index in [9.17, 15) is 5.11 Å². The average molecular weight is 329 g/mol. The summed E-state index contributed by atoms with van der Waals surface area (Å²) in [5, 5.41) is 12.6. The van der Waals surface area contributed by atoms with Gasteiger partial charge in [-0.3, -0.25) is 0 Å². The molecule has 0 aromatic heterocycles. The molecular formula is C20H23ClNO+. The van der Waals surface area contributed by atoms with Crippen LogP contribution in [0.15, 0.2) is 54.6 Å². The number of halogens is 1. The highest BCUT2D eigenvalue weighted by Gasteiger charge is 2.51. The maximum Gasteiger partial charge on any atom is 0.124 e. The van der Waals surface area contributed by atoms with E-state index in [1.807, 2.05) is 54.6 Å².